The van der Waals surface area contributed by atoms with Gasteiger partial charge in [-0.2, -0.15) is 0 Å². The Labute approximate surface area is 129 Å². The summed E-state index contributed by atoms with van der Waals surface area (Å²) in [6, 6.07) is 6.37. The molecule has 0 aromatic carbocycles. The molecule has 0 atom stereocenters. The van der Waals surface area contributed by atoms with Crippen molar-refractivity contribution >= 4 is 11.6 Å². The fraction of sp³-hybridized carbons (Fsp3) is 0.722. The first kappa shape index (κ1) is 14.7. The van der Waals surface area contributed by atoms with Gasteiger partial charge in [-0.05, 0) is 49.7 Å². The van der Waals surface area contributed by atoms with E-state index in [1.807, 2.05) is 0 Å². The molecule has 1 aromatic rings. The molecule has 1 aromatic heterocycles. The Morgan fingerprint density at radius 3 is 2.57 bits per heavy atom. The predicted octanol–water partition coefficient (Wildman–Crippen LogP) is 4.45. The topological polar surface area (TPSA) is 28.2 Å². The van der Waals surface area contributed by atoms with Gasteiger partial charge in [-0.25, -0.2) is 4.98 Å². The second kappa shape index (κ2) is 6.67. The lowest BCUT2D eigenvalue weighted by Gasteiger charge is -2.44. The van der Waals surface area contributed by atoms with E-state index in [0.717, 1.165) is 24.6 Å². The number of pyridine rings is 1. The monoisotopic (exact) mass is 287 g/mol. The van der Waals surface area contributed by atoms with Gasteiger partial charge in [0.2, 0.25) is 0 Å². The van der Waals surface area contributed by atoms with Gasteiger partial charge in [-0.1, -0.05) is 32.3 Å². The molecule has 3 nitrogen and oxygen atoms in total. The summed E-state index contributed by atoms with van der Waals surface area (Å²) in [5.41, 5.74) is 0.673. The van der Waals surface area contributed by atoms with Crippen LogP contribution in [-0.2, 0) is 0 Å². The Kier molecular flexibility index (Phi) is 4.67. The van der Waals surface area contributed by atoms with Crippen LogP contribution in [0.2, 0.25) is 0 Å². The molecular weight excluding hydrogens is 258 g/mol. The minimum absolute atomic E-state index is 0.673. The molecular formula is C18H29N3. The molecule has 1 aliphatic heterocycles. The zero-order valence-electron chi connectivity index (χ0n) is 13.4. The molecule has 2 fully saturated rings. The maximum absolute atomic E-state index is 4.78. The number of hydrogen-bond donors (Lipinski definition) is 1. The lowest BCUT2D eigenvalue weighted by atomic mass is 9.68. The van der Waals surface area contributed by atoms with Gasteiger partial charge in [-0.3, -0.25) is 0 Å². The van der Waals surface area contributed by atoms with E-state index in [9.17, 15) is 0 Å². The Morgan fingerprint density at radius 1 is 1.10 bits per heavy atom. The molecule has 0 bridgehead atoms. The molecule has 2 aliphatic rings. The van der Waals surface area contributed by atoms with Crippen molar-refractivity contribution in [3.05, 3.63) is 18.2 Å². The van der Waals surface area contributed by atoms with Gasteiger partial charge in [0, 0.05) is 19.6 Å². The van der Waals surface area contributed by atoms with Crippen molar-refractivity contribution in [3.8, 4) is 0 Å². The highest BCUT2D eigenvalue weighted by Crippen LogP contribution is 2.44. The molecule has 0 unspecified atom stereocenters. The van der Waals surface area contributed by atoms with E-state index in [-0.39, 0.29) is 0 Å². The van der Waals surface area contributed by atoms with Crippen molar-refractivity contribution in [3.63, 3.8) is 0 Å². The van der Waals surface area contributed by atoms with Crippen molar-refractivity contribution < 1.29 is 0 Å². The van der Waals surface area contributed by atoms with Gasteiger partial charge in [-0.15, -0.1) is 0 Å². The zero-order chi connectivity index (χ0) is 14.5. The molecule has 2 heterocycles. The van der Waals surface area contributed by atoms with Crippen LogP contribution < -0.4 is 10.2 Å². The van der Waals surface area contributed by atoms with Crippen molar-refractivity contribution in [1.82, 2.24) is 4.98 Å². The van der Waals surface area contributed by atoms with Crippen molar-refractivity contribution in [2.45, 2.75) is 58.3 Å². The van der Waals surface area contributed by atoms with Crippen LogP contribution in [-0.4, -0.2) is 24.6 Å². The van der Waals surface area contributed by atoms with Gasteiger partial charge in [0.25, 0.3) is 0 Å². The molecule has 1 saturated heterocycles. The van der Waals surface area contributed by atoms with E-state index in [0.29, 0.717) is 5.41 Å². The van der Waals surface area contributed by atoms with E-state index in [2.05, 4.69) is 35.3 Å². The van der Waals surface area contributed by atoms with Crippen LogP contribution in [0.25, 0.3) is 0 Å². The highest BCUT2D eigenvalue weighted by atomic mass is 15.2. The van der Waals surface area contributed by atoms with Crippen LogP contribution in [0.1, 0.15) is 58.3 Å². The number of anilines is 2. The molecule has 1 N–H and O–H groups in total. The smallest absolute Gasteiger partial charge is 0.130 e. The lowest BCUT2D eigenvalue weighted by molar-refractivity contribution is 0.144. The van der Waals surface area contributed by atoms with Crippen LogP contribution in [0.5, 0.6) is 0 Å². The quantitative estimate of drug-likeness (QED) is 0.886. The van der Waals surface area contributed by atoms with E-state index in [1.54, 1.807) is 0 Å². The van der Waals surface area contributed by atoms with Crippen molar-refractivity contribution in [2.75, 3.05) is 29.9 Å². The van der Waals surface area contributed by atoms with Gasteiger partial charge in [0.05, 0.1) is 0 Å². The van der Waals surface area contributed by atoms with Crippen LogP contribution in [0.15, 0.2) is 18.2 Å². The maximum atomic E-state index is 4.78. The minimum Gasteiger partial charge on any atom is -0.370 e. The highest BCUT2D eigenvalue weighted by molar-refractivity contribution is 5.47. The fourth-order valence-corrected chi connectivity index (χ4v) is 3.96. The number of aromatic nitrogens is 1. The molecule has 3 heteroatoms. The molecule has 1 aliphatic carbocycles. The summed E-state index contributed by atoms with van der Waals surface area (Å²) in [6.45, 7) is 5.55. The SMILES string of the molecule is CCCNc1cccc(N2CCC3(CCCCC3)CC2)n1. The average molecular weight is 287 g/mol. The van der Waals surface area contributed by atoms with Gasteiger partial charge in [0.15, 0.2) is 0 Å². The van der Waals surface area contributed by atoms with E-state index < -0.39 is 0 Å². The number of piperidine rings is 1. The Balaban J connectivity index is 1.61. The third-order valence-electron chi connectivity index (χ3n) is 5.35. The van der Waals surface area contributed by atoms with Gasteiger partial charge in [0.1, 0.15) is 11.6 Å². The second-order valence-electron chi connectivity index (χ2n) is 6.86. The Bertz CT molecular complexity index is 442. The summed E-state index contributed by atoms with van der Waals surface area (Å²) in [5.74, 6) is 2.18. The largest absolute Gasteiger partial charge is 0.370 e. The summed E-state index contributed by atoms with van der Waals surface area (Å²) < 4.78 is 0. The Morgan fingerprint density at radius 2 is 1.86 bits per heavy atom. The lowest BCUT2D eigenvalue weighted by Crippen LogP contribution is -2.41. The molecule has 1 spiro atoms. The maximum Gasteiger partial charge on any atom is 0.130 e. The van der Waals surface area contributed by atoms with Crippen LogP contribution >= 0.6 is 0 Å². The third-order valence-corrected chi connectivity index (χ3v) is 5.35. The number of hydrogen-bond acceptors (Lipinski definition) is 3. The first-order valence-corrected chi connectivity index (χ1v) is 8.77. The summed E-state index contributed by atoms with van der Waals surface area (Å²) >= 11 is 0. The minimum atomic E-state index is 0.673. The highest BCUT2D eigenvalue weighted by Gasteiger charge is 2.35. The van der Waals surface area contributed by atoms with Crippen LogP contribution in [0, 0.1) is 5.41 Å². The van der Waals surface area contributed by atoms with E-state index in [1.165, 1.54) is 58.0 Å². The fourth-order valence-electron chi connectivity index (χ4n) is 3.96. The van der Waals surface area contributed by atoms with Crippen LogP contribution in [0.3, 0.4) is 0 Å². The molecule has 1 saturated carbocycles. The summed E-state index contributed by atoms with van der Waals surface area (Å²) in [4.78, 5) is 7.27. The summed E-state index contributed by atoms with van der Waals surface area (Å²) in [6.07, 6.45) is 11.2. The number of rotatable bonds is 4. The van der Waals surface area contributed by atoms with Gasteiger partial charge >= 0.3 is 0 Å². The molecule has 0 radical (unpaired) electrons. The molecule has 116 valence electrons. The van der Waals surface area contributed by atoms with Crippen molar-refractivity contribution in [2.24, 2.45) is 5.41 Å². The zero-order valence-corrected chi connectivity index (χ0v) is 13.4. The normalized spacial score (nSPS) is 21.5. The number of nitrogens with zero attached hydrogens (tertiary/aromatic N) is 2. The van der Waals surface area contributed by atoms with Crippen molar-refractivity contribution in [1.29, 1.82) is 0 Å². The molecule has 0 amide bonds. The summed E-state index contributed by atoms with van der Waals surface area (Å²) in [5, 5.41) is 3.39. The summed E-state index contributed by atoms with van der Waals surface area (Å²) in [7, 11) is 0. The van der Waals surface area contributed by atoms with E-state index >= 15 is 0 Å². The third kappa shape index (κ3) is 3.50. The predicted molar refractivity (Wildman–Crippen MR) is 90.0 cm³/mol. The standard InChI is InChI=1S/C18H29N3/c1-2-13-19-16-7-6-8-17(20-16)21-14-11-18(12-15-21)9-4-3-5-10-18/h6-8H,2-5,9-15H2,1H3,(H,19,20). The average Bonchev–Trinajstić information content (AvgIpc) is 2.55. The molecule has 3 rings (SSSR count). The van der Waals surface area contributed by atoms with Crippen LogP contribution in [0.4, 0.5) is 11.6 Å². The molecule has 21 heavy (non-hydrogen) atoms. The number of nitrogens with one attached hydrogen (secondary N) is 1. The first-order valence-electron chi connectivity index (χ1n) is 8.77. The first-order chi connectivity index (χ1) is 10.3. The van der Waals surface area contributed by atoms with Gasteiger partial charge < -0.3 is 10.2 Å². The second-order valence-corrected chi connectivity index (χ2v) is 6.86. The Hall–Kier alpha value is -1.25. The van der Waals surface area contributed by atoms with E-state index in [4.69, 9.17) is 4.98 Å².